The van der Waals surface area contributed by atoms with Crippen molar-refractivity contribution in [3.05, 3.63) is 83.8 Å². The van der Waals surface area contributed by atoms with Crippen LogP contribution in [0.2, 0.25) is 0 Å². The second-order valence-electron chi connectivity index (χ2n) is 5.77. The van der Waals surface area contributed by atoms with Gasteiger partial charge in [-0.2, -0.15) is 0 Å². The maximum Gasteiger partial charge on any atom is 0.290 e. The molecule has 0 aliphatic carbocycles. The molecule has 0 radical (unpaired) electrons. The zero-order valence-corrected chi connectivity index (χ0v) is 12.7. The minimum absolute atomic E-state index is 0.0386. The highest BCUT2D eigenvalue weighted by Crippen LogP contribution is 2.27. The minimum atomic E-state index is -0.0386. The van der Waals surface area contributed by atoms with E-state index in [1.807, 2.05) is 47.4 Å². The fourth-order valence-electron chi connectivity index (χ4n) is 3.13. The van der Waals surface area contributed by atoms with Gasteiger partial charge in [-0.15, -0.1) is 0 Å². The van der Waals surface area contributed by atoms with E-state index >= 15 is 0 Å². The van der Waals surface area contributed by atoms with Crippen LogP contribution in [0.4, 0.5) is 0 Å². The van der Waals surface area contributed by atoms with E-state index in [1.165, 1.54) is 11.1 Å². The molecule has 2 heterocycles. The van der Waals surface area contributed by atoms with Crippen LogP contribution in [0, 0.1) is 0 Å². The van der Waals surface area contributed by atoms with Crippen LogP contribution in [-0.4, -0.2) is 17.4 Å². The van der Waals surface area contributed by atoms with Crippen LogP contribution in [0.3, 0.4) is 0 Å². The van der Waals surface area contributed by atoms with Crippen molar-refractivity contribution in [3.8, 4) is 11.1 Å². The average Bonchev–Trinajstić information content (AvgIpc) is 3.11. The Hall–Kier alpha value is -2.81. The van der Waals surface area contributed by atoms with E-state index in [0.29, 0.717) is 12.3 Å². The number of carbonyl (C=O) groups excluding carboxylic acids is 1. The van der Waals surface area contributed by atoms with E-state index in [1.54, 1.807) is 6.26 Å². The highest BCUT2D eigenvalue weighted by atomic mass is 16.3. The summed E-state index contributed by atoms with van der Waals surface area (Å²) < 4.78 is 5.53. The predicted octanol–water partition coefficient (Wildman–Crippen LogP) is 4.15. The first-order valence-electron chi connectivity index (χ1n) is 7.82. The third-order valence-electron chi connectivity index (χ3n) is 4.36. The molecule has 0 saturated carbocycles. The van der Waals surface area contributed by atoms with Gasteiger partial charge in [0.15, 0.2) is 5.76 Å². The Bertz CT molecular complexity index is 836. The van der Waals surface area contributed by atoms with Gasteiger partial charge in [0, 0.05) is 18.7 Å². The van der Waals surface area contributed by atoms with Crippen molar-refractivity contribution >= 4 is 5.91 Å². The number of fused-ring (bicyclic) bond motifs is 1. The van der Waals surface area contributed by atoms with Gasteiger partial charge < -0.3 is 9.32 Å². The van der Waals surface area contributed by atoms with Gasteiger partial charge in [0.25, 0.3) is 5.91 Å². The molecule has 1 aromatic heterocycles. The van der Waals surface area contributed by atoms with E-state index in [9.17, 15) is 4.79 Å². The van der Waals surface area contributed by atoms with Gasteiger partial charge in [-0.3, -0.25) is 4.79 Å². The molecular formula is C20H17NO2. The van der Waals surface area contributed by atoms with Crippen molar-refractivity contribution in [2.45, 2.75) is 13.0 Å². The fourth-order valence-corrected chi connectivity index (χ4v) is 3.13. The lowest BCUT2D eigenvalue weighted by molar-refractivity contribution is 0.0703. The monoisotopic (exact) mass is 303 g/mol. The van der Waals surface area contributed by atoms with Crippen LogP contribution in [-0.2, 0) is 13.0 Å². The number of benzene rings is 2. The predicted molar refractivity (Wildman–Crippen MR) is 89.0 cm³/mol. The van der Waals surface area contributed by atoms with Crippen LogP contribution >= 0.6 is 0 Å². The van der Waals surface area contributed by atoms with Crippen molar-refractivity contribution in [1.29, 1.82) is 0 Å². The van der Waals surface area contributed by atoms with Crippen molar-refractivity contribution in [1.82, 2.24) is 4.90 Å². The SMILES string of the molecule is O=C(c1occc1-c1ccccc1)N1CCc2ccccc2C1. The van der Waals surface area contributed by atoms with E-state index in [4.69, 9.17) is 4.42 Å². The van der Waals surface area contributed by atoms with Gasteiger partial charge in [-0.05, 0) is 29.2 Å². The van der Waals surface area contributed by atoms with E-state index < -0.39 is 0 Å². The zero-order chi connectivity index (χ0) is 15.6. The molecule has 0 N–H and O–H groups in total. The molecule has 1 aliphatic heterocycles. The summed E-state index contributed by atoms with van der Waals surface area (Å²) in [7, 11) is 0. The van der Waals surface area contributed by atoms with Crippen LogP contribution in [0.25, 0.3) is 11.1 Å². The van der Waals surface area contributed by atoms with Gasteiger partial charge >= 0.3 is 0 Å². The molecule has 0 bridgehead atoms. The maximum atomic E-state index is 12.9. The standard InChI is InChI=1S/C20H17NO2/c22-20(21-12-10-15-6-4-5-9-17(15)14-21)19-18(11-13-23-19)16-7-2-1-3-8-16/h1-9,11,13H,10,12,14H2. The quantitative estimate of drug-likeness (QED) is 0.712. The molecule has 4 rings (SSSR count). The Morgan fingerprint density at radius 2 is 1.65 bits per heavy atom. The Labute approximate surface area is 135 Å². The van der Waals surface area contributed by atoms with Crippen molar-refractivity contribution < 1.29 is 9.21 Å². The highest BCUT2D eigenvalue weighted by molar-refractivity contribution is 5.98. The highest BCUT2D eigenvalue weighted by Gasteiger charge is 2.26. The zero-order valence-electron chi connectivity index (χ0n) is 12.7. The summed E-state index contributed by atoms with van der Waals surface area (Å²) in [6.45, 7) is 1.37. The van der Waals surface area contributed by atoms with E-state index in [2.05, 4.69) is 18.2 Å². The largest absolute Gasteiger partial charge is 0.459 e. The second kappa shape index (κ2) is 5.76. The van der Waals surface area contributed by atoms with Gasteiger partial charge in [0.2, 0.25) is 0 Å². The van der Waals surface area contributed by atoms with Crippen LogP contribution in [0.5, 0.6) is 0 Å². The summed E-state index contributed by atoms with van der Waals surface area (Å²) in [4.78, 5) is 14.8. The van der Waals surface area contributed by atoms with Crippen molar-refractivity contribution in [3.63, 3.8) is 0 Å². The smallest absolute Gasteiger partial charge is 0.290 e. The number of hydrogen-bond acceptors (Lipinski definition) is 2. The molecule has 0 unspecified atom stereocenters. The molecule has 0 spiro atoms. The molecule has 1 amide bonds. The third kappa shape index (κ3) is 2.55. The summed E-state index contributed by atoms with van der Waals surface area (Å²) in [6, 6.07) is 20.1. The summed E-state index contributed by atoms with van der Waals surface area (Å²) in [5, 5.41) is 0. The van der Waals surface area contributed by atoms with Gasteiger partial charge in [-0.1, -0.05) is 54.6 Å². The number of hydrogen-bond donors (Lipinski definition) is 0. The van der Waals surface area contributed by atoms with Crippen LogP contribution in [0.15, 0.2) is 71.3 Å². The minimum Gasteiger partial charge on any atom is -0.459 e. The molecule has 1 aliphatic rings. The van der Waals surface area contributed by atoms with Gasteiger partial charge in [0.05, 0.1) is 6.26 Å². The van der Waals surface area contributed by atoms with E-state index in [0.717, 1.165) is 24.1 Å². The first-order chi connectivity index (χ1) is 11.3. The Balaban J connectivity index is 1.63. The summed E-state index contributed by atoms with van der Waals surface area (Å²) in [6.07, 6.45) is 2.48. The summed E-state index contributed by atoms with van der Waals surface area (Å²) in [5.74, 6) is 0.388. The van der Waals surface area contributed by atoms with Gasteiger partial charge in [0.1, 0.15) is 0 Å². The maximum absolute atomic E-state index is 12.9. The summed E-state index contributed by atoms with van der Waals surface area (Å²) in [5.41, 5.74) is 4.41. The first kappa shape index (κ1) is 13.8. The number of carbonyl (C=O) groups is 1. The number of furan rings is 1. The molecule has 114 valence electrons. The molecular weight excluding hydrogens is 286 g/mol. The van der Waals surface area contributed by atoms with Gasteiger partial charge in [-0.25, -0.2) is 0 Å². The molecule has 0 saturated heterocycles. The second-order valence-corrected chi connectivity index (χ2v) is 5.77. The fraction of sp³-hybridized carbons (Fsp3) is 0.150. The molecule has 3 nitrogen and oxygen atoms in total. The number of rotatable bonds is 2. The Morgan fingerprint density at radius 3 is 2.48 bits per heavy atom. The molecule has 3 aromatic rings. The van der Waals surface area contributed by atoms with Crippen molar-refractivity contribution in [2.75, 3.05) is 6.54 Å². The molecule has 2 aromatic carbocycles. The van der Waals surface area contributed by atoms with E-state index in [-0.39, 0.29) is 5.91 Å². The average molecular weight is 303 g/mol. The molecule has 3 heteroatoms. The lowest BCUT2D eigenvalue weighted by Gasteiger charge is -2.28. The number of amides is 1. The number of nitrogens with zero attached hydrogens (tertiary/aromatic N) is 1. The Kier molecular flexibility index (Phi) is 3.46. The lowest BCUT2D eigenvalue weighted by atomic mass is 9.99. The normalized spacial score (nSPS) is 13.7. The van der Waals surface area contributed by atoms with Crippen LogP contribution in [0.1, 0.15) is 21.7 Å². The molecule has 23 heavy (non-hydrogen) atoms. The van der Waals surface area contributed by atoms with Crippen LogP contribution < -0.4 is 0 Å². The molecule has 0 fully saturated rings. The third-order valence-corrected chi connectivity index (χ3v) is 4.36. The topological polar surface area (TPSA) is 33.5 Å². The van der Waals surface area contributed by atoms with Crippen molar-refractivity contribution in [2.24, 2.45) is 0 Å². The lowest BCUT2D eigenvalue weighted by Crippen LogP contribution is -2.35. The first-order valence-corrected chi connectivity index (χ1v) is 7.82. The summed E-state index contributed by atoms with van der Waals surface area (Å²) >= 11 is 0. The molecule has 0 atom stereocenters. The Morgan fingerprint density at radius 1 is 0.913 bits per heavy atom.